The fraction of sp³-hybridized carbons (Fsp3) is 0.571. The molecule has 0 aromatic heterocycles. The number of benzene rings is 1. The van der Waals surface area contributed by atoms with Crippen LogP contribution in [-0.2, 0) is 11.3 Å². The molecule has 0 bridgehead atoms. The van der Waals surface area contributed by atoms with Crippen LogP contribution < -0.4 is 10.6 Å². The Morgan fingerprint density at radius 2 is 1.96 bits per heavy atom. The van der Waals surface area contributed by atoms with Crippen molar-refractivity contribution in [1.82, 2.24) is 15.5 Å². The van der Waals surface area contributed by atoms with Crippen LogP contribution in [0, 0.1) is 0 Å². The van der Waals surface area contributed by atoms with Gasteiger partial charge in [-0.1, -0.05) is 42.0 Å². The zero-order valence-electron chi connectivity index (χ0n) is 16.9. The van der Waals surface area contributed by atoms with Gasteiger partial charge in [0.05, 0.1) is 13.2 Å². The van der Waals surface area contributed by atoms with Crippen molar-refractivity contribution >= 4 is 29.9 Å². The van der Waals surface area contributed by atoms with E-state index in [0.29, 0.717) is 6.04 Å². The lowest BCUT2D eigenvalue weighted by molar-refractivity contribution is 0.153. The monoisotopic (exact) mass is 486 g/mol. The Kier molecular flexibility index (Phi) is 12.4. The molecule has 27 heavy (non-hydrogen) atoms. The zero-order valence-corrected chi connectivity index (χ0v) is 19.2. The highest BCUT2D eigenvalue weighted by atomic mass is 127. The average Bonchev–Trinajstić information content (AvgIpc) is 2.68. The first kappa shape index (κ1) is 23.9. The second-order valence-corrected chi connectivity index (χ2v) is 6.90. The molecule has 0 radical (unpaired) electrons. The fourth-order valence-corrected chi connectivity index (χ4v) is 3.00. The number of guanidine groups is 1. The molecule has 1 aliphatic rings. The zero-order chi connectivity index (χ0) is 18.6. The maximum Gasteiger partial charge on any atom is 0.190 e. The van der Waals surface area contributed by atoms with Crippen molar-refractivity contribution < 1.29 is 4.74 Å². The Bertz CT molecular complexity index is 577. The quantitative estimate of drug-likeness (QED) is 0.243. The number of ether oxygens (including phenoxy) is 1. The summed E-state index contributed by atoms with van der Waals surface area (Å²) in [5.41, 5.74) is 2.84. The van der Waals surface area contributed by atoms with Gasteiger partial charge < -0.3 is 15.4 Å². The molecule has 2 rings (SSSR count). The van der Waals surface area contributed by atoms with E-state index in [1.54, 1.807) is 0 Å². The largest absolute Gasteiger partial charge is 0.377 e. The third-order valence-electron chi connectivity index (χ3n) is 4.90. The van der Waals surface area contributed by atoms with Crippen molar-refractivity contribution in [2.45, 2.75) is 38.8 Å². The van der Waals surface area contributed by atoms with Crippen LogP contribution >= 0.6 is 24.0 Å². The van der Waals surface area contributed by atoms with Crippen LogP contribution in [0.5, 0.6) is 0 Å². The fourth-order valence-electron chi connectivity index (χ4n) is 3.00. The minimum absolute atomic E-state index is 0. The summed E-state index contributed by atoms with van der Waals surface area (Å²) in [6, 6.07) is 11.1. The van der Waals surface area contributed by atoms with E-state index in [2.05, 4.69) is 70.9 Å². The average molecular weight is 486 g/mol. The molecule has 152 valence electrons. The molecule has 0 amide bonds. The van der Waals surface area contributed by atoms with Crippen molar-refractivity contribution in [3.63, 3.8) is 0 Å². The first-order valence-corrected chi connectivity index (χ1v) is 9.63. The van der Waals surface area contributed by atoms with E-state index in [4.69, 9.17) is 4.74 Å². The van der Waals surface area contributed by atoms with Gasteiger partial charge in [-0.2, -0.15) is 0 Å². The van der Waals surface area contributed by atoms with E-state index in [0.717, 1.165) is 58.1 Å². The molecular formula is C21H35IN4O. The van der Waals surface area contributed by atoms with E-state index in [1.807, 2.05) is 7.05 Å². The number of nitrogens with one attached hydrogen (secondary N) is 2. The summed E-state index contributed by atoms with van der Waals surface area (Å²) >= 11 is 0. The van der Waals surface area contributed by atoms with Gasteiger partial charge in [-0.25, -0.2) is 0 Å². The van der Waals surface area contributed by atoms with Crippen molar-refractivity contribution in [2.24, 2.45) is 4.99 Å². The highest BCUT2D eigenvalue weighted by Gasteiger charge is 2.10. The van der Waals surface area contributed by atoms with E-state index in [-0.39, 0.29) is 24.0 Å². The number of nitrogens with zero attached hydrogens (tertiary/aromatic N) is 2. The van der Waals surface area contributed by atoms with E-state index in [9.17, 15) is 0 Å². The van der Waals surface area contributed by atoms with Crippen LogP contribution in [0.25, 0.3) is 0 Å². The molecule has 1 aromatic carbocycles. The van der Waals surface area contributed by atoms with Gasteiger partial charge in [0.15, 0.2) is 5.96 Å². The van der Waals surface area contributed by atoms with Crippen molar-refractivity contribution in [3.8, 4) is 0 Å². The summed E-state index contributed by atoms with van der Waals surface area (Å²) in [6.07, 6.45) is 5.39. The predicted octanol–water partition coefficient (Wildman–Crippen LogP) is 3.42. The minimum Gasteiger partial charge on any atom is -0.377 e. The smallest absolute Gasteiger partial charge is 0.190 e. The molecule has 1 unspecified atom stereocenters. The molecule has 1 aromatic rings. The van der Waals surface area contributed by atoms with Crippen LogP contribution in [0.4, 0.5) is 0 Å². The lowest BCUT2D eigenvalue weighted by Gasteiger charge is -2.25. The number of aliphatic imine (C=N–C) groups is 1. The van der Waals surface area contributed by atoms with Gasteiger partial charge in [0.25, 0.3) is 0 Å². The summed E-state index contributed by atoms with van der Waals surface area (Å²) in [5.74, 6) is 0.885. The molecule has 0 saturated carbocycles. The molecule has 2 N–H and O–H groups in total. The van der Waals surface area contributed by atoms with Crippen molar-refractivity contribution in [1.29, 1.82) is 0 Å². The Labute approximate surface area is 181 Å². The van der Waals surface area contributed by atoms with Crippen LogP contribution in [0.1, 0.15) is 31.7 Å². The Morgan fingerprint density at radius 3 is 2.63 bits per heavy atom. The molecule has 0 fully saturated rings. The molecule has 0 saturated heterocycles. The third kappa shape index (κ3) is 9.58. The SMILES string of the molecule is CN=C(NCCC1=CCOCC1)NCCC(C)N(C)Cc1ccccc1.I. The molecule has 0 aliphatic carbocycles. The Balaban J connectivity index is 0.00000364. The molecular weight excluding hydrogens is 451 g/mol. The first-order chi connectivity index (χ1) is 12.7. The van der Waals surface area contributed by atoms with Gasteiger partial charge >= 0.3 is 0 Å². The minimum atomic E-state index is 0. The van der Waals surface area contributed by atoms with E-state index >= 15 is 0 Å². The van der Waals surface area contributed by atoms with Gasteiger partial charge in [-0.3, -0.25) is 9.89 Å². The van der Waals surface area contributed by atoms with Crippen LogP contribution in [0.15, 0.2) is 47.0 Å². The summed E-state index contributed by atoms with van der Waals surface area (Å²) in [5, 5.41) is 6.83. The molecule has 1 aliphatic heterocycles. The molecule has 1 atom stereocenters. The van der Waals surface area contributed by atoms with Gasteiger partial charge in [0.1, 0.15) is 0 Å². The van der Waals surface area contributed by atoms with Gasteiger partial charge in [0.2, 0.25) is 0 Å². The van der Waals surface area contributed by atoms with E-state index < -0.39 is 0 Å². The lowest BCUT2D eigenvalue weighted by atomic mass is 10.1. The van der Waals surface area contributed by atoms with Crippen molar-refractivity contribution in [3.05, 3.63) is 47.5 Å². The first-order valence-electron chi connectivity index (χ1n) is 9.63. The van der Waals surface area contributed by atoms with Crippen molar-refractivity contribution in [2.75, 3.05) is 40.4 Å². The van der Waals surface area contributed by atoms with E-state index in [1.165, 1.54) is 11.1 Å². The van der Waals surface area contributed by atoms with Crippen LogP contribution in [0.3, 0.4) is 0 Å². The number of hydrogen-bond donors (Lipinski definition) is 2. The van der Waals surface area contributed by atoms with Gasteiger partial charge in [-0.05, 0) is 38.8 Å². The summed E-state index contributed by atoms with van der Waals surface area (Å²) < 4.78 is 5.34. The highest BCUT2D eigenvalue weighted by Crippen LogP contribution is 2.10. The van der Waals surface area contributed by atoms with Crippen LogP contribution in [-0.4, -0.2) is 57.3 Å². The second kappa shape index (κ2) is 14.0. The Hall–Kier alpha value is -1.12. The number of halogens is 1. The summed E-state index contributed by atoms with van der Waals surface area (Å²) in [6.45, 7) is 6.70. The molecule has 6 heteroatoms. The van der Waals surface area contributed by atoms with Gasteiger partial charge in [-0.15, -0.1) is 24.0 Å². The molecule has 0 spiro atoms. The normalized spacial score (nSPS) is 15.7. The second-order valence-electron chi connectivity index (χ2n) is 6.90. The molecule has 1 heterocycles. The number of rotatable bonds is 9. The summed E-state index contributed by atoms with van der Waals surface area (Å²) in [4.78, 5) is 6.71. The predicted molar refractivity (Wildman–Crippen MR) is 125 cm³/mol. The summed E-state index contributed by atoms with van der Waals surface area (Å²) in [7, 11) is 4.01. The highest BCUT2D eigenvalue weighted by molar-refractivity contribution is 14.0. The maximum atomic E-state index is 5.34. The number of hydrogen-bond acceptors (Lipinski definition) is 3. The van der Waals surface area contributed by atoms with Gasteiger partial charge in [0, 0.05) is 32.7 Å². The standard InChI is InChI=1S/C21H34N4O.HI/c1-18(25(3)17-20-7-5-4-6-8-20)9-13-23-21(22-2)24-14-10-19-11-15-26-16-12-19;/h4-8,11,18H,9-10,12-17H2,1-3H3,(H2,22,23,24);1H. The lowest BCUT2D eigenvalue weighted by Crippen LogP contribution is -2.40. The Morgan fingerprint density at radius 1 is 1.22 bits per heavy atom. The molecule has 5 nitrogen and oxygen atoms in total. The third-order valence-corrected chi connectivity index (χ3v) is 4.90. The maximum absolute atomic E-state index is 5.34. The van der Waals surface area contributed by atoms with Crippen LogP contribution in [0.2, 0.25) is 0 Å². The topological polar surface area (TPSA) is 48.9 Å².